The summed E-state index contributed by atoms with van der Waals surface area (Å²) in [6, 6.07) is 13.7. The molecule has 0 aromatic heterocycles. The van der Waals surface area contributed by atoms with Crippen LogP contribution in [0.2, 0.25) is 5.02 Å². The van der Waals surface area contributed by atoms with Crippen LogP contribution < -0.4 is 0 Å². The summed E-state index contributed by atoms with van der Waals surface area (Å²) in [4.78, 5) is 11.8. The van der Waals surface area contributed by atoms with Crippen LogP contribution >= 0.6 is 11.6 Å². The number of halogens is 1. The molecular formula is C15H13ClO5S. The van der Waals surface area contributed by atoms with E-state index in [0.29, 0.717) is 10.6 Å². The molecule has 0 N–H and O–H groups in total. The maximum absolute atomic E-state index is 12.3. The summed E-state index contributed by atoms with van der Waals surface area (Å²) in [6.07, 6.45) is -1.42. The van der Waals surface area contributed by atoms with E-state index in [1.54, 1.807) is 30.3 Å². The van der Waals surface area contributed by atoms with E-state index < -0.39 is 22.2 Å². The Hall–Kier alpha value is -1.89. The van der Waals surface area contributed by atoms with Gasteiger partial charge in [-0.2, -0.15) is 8.42 Å². The summed E-state index contributed by atoms with van der Waals surface area (Å²) in [6.45, 7) is 0. The highest BCUT2D eigenvalue weighted by Crippen LogP contribution is 2.26. The number of hydrogen-bond acceptors (Lipinski definition) is 5. The number of carbonyl (C=O) groups excluding carboxylic acids is 1. The van der Waals surface area contributed by atoms with Gasteiger partial charge >= 0.3 is 5.97 Å². The highest BCUT2D eigenvalue weighted by molar-refractivity contribution is 7.86. The van der Waals surface area contributed by atoms with E-state index >= 15 is 0 Å². The molecule has 2 rings (SSSR count). The van der Waals surface area contributed by atoms with Gasteiger partial charge in [-0.1, -0.05) is 41.9 Å². The zero-order chi connectivity index (χ0) is 16.2. The number of carbonyl (C=O) groups is 1. The fourth-order valence-corrected chi connectivity index (χ4v) is 3.02. The SMILES string of the molecule is COC(=O)C(OS(=O)(=O)c1ccccc1)c1cccc(Cl)c1. The fourth-order valence-electron chi connectivity index (χ4n) is 1.78. The zero-order valence-corrected chi connectivity index (χ0v) is 13.2. The highest BCUT2D eigenvalue weighted by atomic mass is 35.5. The Kier molecular flexibility index (Phi) is 5.18. The third-order valence-corrected chi connectivity index (χ3v) is 4.35. The number of esters is 1. The van der Waals surface area contributed by atoms with Crippen molar-refractivity contribution in [3.05, 3.63) is 65.2 Å². The molecule has 0 bridgehead atoms. The molecule has 116 valence electrons. The van der Waals surface area contributed by atoms with Crippen molar-refractivity contribution < 1.29 is 22.1 Å². The first-order chi connectivity index (χ1) is 10.4. The van der Waals surface area contributed by atoms with E-state index in [4.69, 9.17) is 15.8 Å². The average molecular weight is 341 g/mol. The van der Waals surface area contributed by atoms with Crippen LogP contribution in [-0.4, -0.2) is 21.5 Å². The van der Waals surface area contributed by atoms with Crippen LogP contribution in [0.5, 0.6) is 0 Å². The highest BCUT2D eigenvalue weighted by Gasteiger charge is 2.30. The average Bonchev–Trinajstić information content (AvgIpc) is 2.53. The van der Waals surface area contributed by atoms with Gasteiger partial charge in [0.15, 0.2) is 6.10 Å². The summed E-state index contributed by atoms with van der Waals surface area (Å²) in [7, 11) is -2.97. The summed E-state index contributed by atoms with van der Waals surface area (Å²) in [5.41, 5.74) is 0.291. The Morgan fingerprint density at radius 1 is 1.09 bits per heavy atom. The summed E-state index contributed by atoms with van der Waals surface area (Å²) < 4.78 is 34.2. The first kappa shape index (κ1) is 16.5. The Labute approximate surface area is 133 Å². The molecule has 0 aliphatic heterocycles. The molecule has 2 aromatic carbocycles. The summed E-state index contributed by atoms with van der Waals surface area (Å²) >= 11 is 5.87. The lowest BCUT2D eigenvalue weighted by Crippen LogP contribution is -2.21. The van der Waals surface area contributed by atoms with Crippen molar-refractivity contribution in [1.82, 2.24) is 0 Å². The Balaban J connectivity index is 2.38. The van der Waals surface area contributed by atoms with E-state index in [9.17, 15) is 13.2 Å². The molecule has 22 heavy (non-hydrogen) atoms. The number of hydrogen-bond donors (Lipinski definition) is 0. The molecule has 1 atom stereocenters. The van der Waals surface area contributed by atoms with Crippen molar-refractivity contribution in [3.8, 4) is 0 Å². The molecule has 7 heteroatoms. The van der Waals surface area contributed by atoms with Crippen molar-refractivity contribution >= 4 is 27.7 Å². The summed E-state index contributed by atoms with van der Waals surface area (Å²) in [5, 5.41) is 0.354. The van der Waals surface area contributed by atoms with Crippen LogP contribution in [-0.2, 0) is 23.8 Å². The fraction of sp³-hybridized carbons (Fsp3) is 0.133. The van der Waals surface area contributed by atoms with Gasteiger partial charge < -0.3 is 4.74 Å². The standard InChI is InChI=1S/C15H13ClO5S/c1-20-15(17)14(11-6-5-7-12(16)10-11)21-22(18,19)13-8-3-2-4-9-13/h2-10,14H,1H3. The number of rotatable bonds is 5. The Morgan fingerprint density at radius 2 is 1.77 bits per heavy atom. The minimum Gasteiger partial charge on any atom is -0.467 e. The second kappa shape index (κ2) is 6.91. The minimum atomic E-state index is -4.12. The van der Waals surface area contributed by atoms with Gasteiger partial charge in [0.2, 0.25) is 0 Å². The van der Waals surface area contributed by atoms with Crippen molar-refractivity contribution in [1.29, 1.82) is 0 Å². The molecule has 0 amide bonds. The van der Waals surface area contributed by atoms with E-state index in [1.807, 2.05) is 0 Å². The van der Waals surface area contributed by atoms with Crippen LogP contribution in [0.25, 0.3) is 0 Å². The molecule has 0 saturated heterocycles. The number of benzene rings is 2. The van der Waals surface area contributed by atoms with Crippen LogP contribution in [0, 0.1) is 0 Å². The molecule has 0 aliphatic rings. The van der Waals surface area contributed by atoms with Crippen LogP contribution in [0.4, 0.5) is 0 Å². The smallest absolute Gasteiger partial charge is 0.341 e. The van der Waals surface area contributed by atoms with Crippen LogP contribution in [0.1, 0.15) is 11.7 Å². The molecule has 2 aromatic rings. The lowest BCUT2D eigenvalue weighted by molar-refractivity contribution is -0.149. The molecule has 0 aliphatic carbocycles. The van der Waals surface area contributed by atoms with Gasteiger partial charge in [-0.05, 0) is 29.8 Å². The summed E-state index contributed by atoms with van der Waals surface area (Å²) in [5.74, 6) is -0.832. The predicted octanol–water partition coefficient (Wildman–Crippen LogP) is 2.96. The maximum Gasteiger partial charge on any atom is 0.341 e. The Morgan fingerprint density at radius 3 is 2.36 bits per heavy atom. The molecular weight excluding hydrogens is 328 g/mol. The van der Waals surface area contributed by atoms with Crippen LogP contribution in [0.3, 0.4) is 0 Å². The first-order valence-corrected chi connectivity index (χ1v) is 8.04. The largest absolute Gasteiger partial charge is 0.467 e. The third-order valence-electron chi connectivity index (χ3n) is 2.82. The molecule has 0 spiro atoms. The zero-order valence-electron chi connectivity index (χ0n) is 11.6. The lowest BCUT2D eigenvalue weighted by atomic mass is 10.1. The second-order valence-electron chi connectivity index (χ2n) is 4.32. The van der Waals surface area contributed by atoms with E-state index in [-0.39, 0.29) is 4.90 Å². The van der Waals surface area contributed by atoms with E-state index in [2.05, 4.69) is 4.74 Å². The number of ether oxygens (including phenoxy) is 1. The molecule has 0 heterocycles. The monoisotopic (exact) mass is 340 g/mol. The third kappa shape index (κ3) is 3.85. The van der Waals surface area contributed by atoms with Gasteiger partial charge in [0.05, 0.1) is 12.0 Å². The maximum atomic E-state index is 12.3. The topological polar surface area (TPSA) is 69.7 Å². The van der Waals surface area contributed by atoms with Gasteiger partial charge in [-0.15, -0.1) is 0 Å². The molecule has 5 nitrogen and oxygen atoms in total. The Bertz CT molecular complexity index is 759. The molecule has 0 saturated carbocycles. The normalized spacial score (nSPS) is 12.6. The van der Waals surface area contributed by atoms with Crippen molar-refractivity contribution in [2.45, 2.75) is 11.0 Å². The lowest BCUT2D eigenvalue weighted by Gasteiger charge is -2.16. The van der Waals surface area contributed by atoms with Gasteiger partial charge in [0.25, 0.3) is 10.1 Å². The van der Waals surface area contributed by atoms with Gasteiger partial charge in [-0.25, -0.2) is 8.98 Å². The molecule has 1 unspecified atom stereocenters. The minimum absolute atomic E-state index is 0.0501. The van der Waals surface area contributed by atoms with Gasteiger partial charge in [-0.3, -0.25) is 0 Å². The van der Waals surface area contributed by atoms with E-state index in [1.165, 1.54) is 24.3 Å². The number of methoxy groups -OCH3 is 1. The van der Waals surface area contributed by atoms with Crippen LogP contribution in [0.15, 0.2) is 59.5 Å². The van der Waals surface area contributed by atoms with Crippen molar-refractivity contribution in [2.24, 2.45) is 0 Å². The second-order valence-corrected chi connectivity index (χ2v) is 6.33. The molecule has 0 fully saturated rings. The van der Waals surface area contributed by atoms with Crippen molar-refractivity contribution in [3.63, 3.8) is 0 Å². The first-order valence-electron chi connectivity index (χ1n) is 6.25. The quantitative estimate of drug-likeness (QED) is 0.618. The van der Waals surface area contributed by atoms with Crippen molar-refractivity contribution in [2.75, 3.05) is 7.11 Å². The van der Waals surface area contributed by atoms with E-state index in [0.717, 1.165) is 7.11 Å². The molecule has 0 radical (unpaired) electrons. The van der Waals surface area contributed by atoms with Gasteiger partial charge in [0, 0.05) is 5.02 Å². The predicted molar refractivity (Wildman–Crippen MR) is 80.9 cm³/mol. The van der Waals surface area contributed by atoms with Gasteiger partial charge in [0.1, 0.15) is 0 Å².